The number of aryl methyl sites for hydroxylation is 1. The molecule has 2 aliphatic rings. The van der Waals surface area contributed by atoms with E-state index in [2.05, 4.69) is 11.0 Å². The van der Waals surface area contributed by atoms with Crippen molar-refractivity contribution in [2.45, 2.75) is 38.1 Å². The maximum Gasteiger partial charge on any atom is 0.252 e. The molecule has 0 unspecified atom stereocenters. The first kappa shape index (κ1) is 18.5. The van der Waals surface area contributed by atoms with Crippen LogP contribution in [0.15, 0.2) is 22.6 Å². The molecular weight excluding hydrogens is 356 g/mol. The molecule has 2 fully saturated rings. The molecule has 2 N–H and O–H groups in total. The van der Waals surface area contributed by atoms with E-state index in [4.69, 9.17) is 10.2 Å². The first-order valence-electron chi connectivity index (χ1n) is 9.73. The molecule has 4 rings (SSSR count). The molecule has 2 saturated heterocycles. The zero-order chi connectivity index (χ0) is 19.8. The number of nitrogens with two attached hydrogens (primary N) is 1. The molecule has 146 valence electrons. The second-order valence-electron chi connectivity index (χ2n) is 7.75. The lowest BCUT2D eigenvalue weighted by molar-refractivity contribution is -0.132. The standard InChI is InChI=1S/C21H24N4O3/c1-13-4-2-6-16-18(21(23)27)20(28-19(13)16)14-7-9-24(11-14)12-17(26)25-8-3-5-15(25)10-22/h2,4,6,14-15H,3,5,7-9,11-12H2,1H3,(H2,23,27)/t14-,15-/m0/s1. The Morgan fingerprint density at radius 2 is 2.14 bits per heavy atom. The van der Waals surface area contributed by atoms with Crippen LogP contribution in [-0.2, 0) is 4.79 Å². The van der Waals surface area contributed by atoms with E-state index < -0.39 is 5.91 Å². The van der Waals surface area contributed by atoms with Gasteiger partial charge in [-0.15, -0.1) is 0 Å². The summed E-state index contributed by atoms with van der Waals surface area (Å²) in [5, 5.41) is 9.95. The van der Waals surface area contributed by atoms with Crippen LogP contribution in [0.4, 0.5) is 0 Å². The van der Waals surface area contributed by atoms with Gasteiger partial charge in [0.2, 0.25) is 5.91 Å². The van der Waals surface area contributed by atoms with Crippen molar-refractivity contribution in [3.05, 3.63) is 35.1 Å². The van der Waals surface area contributed by atoms with Crippen LogP contribution in [0.2, 0.25) is 0 Å². The van der Waals surface area contributed by atoms with Crippen molar-refractivity contribution in [3.8, 4) is 6.07 Å². The zero-order valence-corrected chi connectivity index (χ0v) is 16.0. The van der Waals surface area contributed by atoms with Crippen molar-refractivity contribution >= 4 is 22.8 Å². The number of likely N-dealkylation sites (tertiary alicyclic amines) is 2. The second-order valence-corrected chi connectivity index (χ2v) is 7.75. The normalized spacial score (nSPS) is 22.6. The number of fused-ring (bicyclic) bond motifs is 1. The van der Waals surface area contributed by atoms with Crippen LogP contribution in [0.3, 0.4) is 0 Å². The third-order valence-corrected chi connectivity index (χ3v) is 5.91. The lowest BCUT2D eigenvalue weighted by Crippen LogP contribution is -2.41. The van der Waals surface area contributed by atoms with Gasteiger partial charge in [-0.1, -0.05) is 18.2 Å². The van der Waals surface area contributed by atoms with Gasteiger partial charge in [0.1, 0.15) is 17.4 Å². The molecule has 28 heavy (non-hydrogen) atoms. The Morgan fingerprint density at radius 3 is 2.89 bits per heavy atom. The van der Waals surface area contributed by atoms with Gasteiger partial charge in [-0.2, -0.15) is 5.26 Å². The Bertz CT molecular complexity index is 974. The van der Waals surface area contributed by atoms with Crippen molar-refractivity contribution < 1.29 is 14.0 Å². The van der Waals surface area contributed by atoms with Gasteiger partial charge in [0.25, 0.3) is 5.91 Å². The fraction of sp³-hybridized carbons (Fsp3) is 0.476. The Hall–Kier alpha value is -2.85. The number of carbonyl (C=O) groups is 2. The number of nitriles is 1. The number of amides is 2. The minimum absolute atomic E-state index is 0.000255. The molecule has 2 amide bonds. The van der Waals surface area contributed by atoms with Crippen LogP contribution < -0.4 is 5.73 Å². The summed E-state index contributed by atoms with van der Waals surface area (Å²) < 4.78 is 6.10. The summed E-state index contributed by atoms with van der Waals surface area (Å²) in [5.74, 6) is 0.165. The summed E-state index contributed by atoms with van der Waals surface area (Å²) in [4.78, 5) is 28.5. The van der Waals surface area contributed by atoms with E-state index in [1.54, 1.807) is 4.90 Å². The van der Waals surface area contributed by atoms with E-state index in [0.29, 0.717) is 36.5 Å². The van der Waals surface area contributed by atoms with E-state index in [-0.39, 0.29) is 17.9 Å². The first-order chi connectivity index (χ1) is 13.5. The summed E-state index contributed by atoms with van der Waals surface area (Å²) in [7, 11) is 0. The highest BCUT2D eigenvalue weighted by Crippen LogP contribution is 2.36. The van der Waals surface area contributed by atoms with Crippen LogP contribution in [0.1, 0.15) is 46.9 Å². The Kier molecular flexibility index (Phi) is 4.82. The molecule has 7 nitrogen and oxygen atoms in total. The van der Waals surface area contributed by atoms with Crippen molar-refractivity contribution in [2.75, 3.05) is 26.2 Å². The number of hydrogen-bond donors (Lipinski definition) is 1. The molecule has 1 aromatic heterocycles. The molecule has 2 atom stereocenters. The minimum atomic E-state index is -0.484. The van der Waals surface area contributed by atoms with E-state index in [9.17, 15) is 14.9 Å². The fourth-order valence-electron chi connectivity index (χ4n) is 4.49. The number of rotatable bonds is 4. The lowest BCUT2D eigenvalue weighted by atomic mass is 9.99. The molecular formula is C21H24N4O3. The summed E-state index contributed by atoms with van der Waals surface area (Å²) in [6.07, 6.45) is 2.44. The van der Waals surface area contributed by atoms with Crippen LogP contribution in [0.5, 0.6) is 0 Å². The van der Waals surface area contributed by atoms with Crippen molar-refractivity contribution in [2.24, 2.45) is 5.73 Å². The molecule has 2 aliphatic heterocycles. The topological polar surface area (TPSA) is 104 Å². The summed E-state index contributed by atoms with van der Waals surface area (Å²) in [6, 6.07) is 7.62. The van der Waals surface area contributed by atoms with Crippen molar-refractivity contribution in [1.82, 2.24) is 9.80 Å². The molecule has 7 heteroatoms. The highest BCUT2D eigenvalue weighted by molar-refractivity contribution is 6.07. The van der Waals surface area contributed by atoms with E-state index >= 15 is 0 Å². The summed E-state index contributed by atoms with van der Waals surface area (Å²) in [5.41, 5.74) is 7.80. The Balaban J connectivity index is 1.52. The van der Waals surface area contributed by atoms with E-state index in [1.165, 1.54) is 0 Å². The smallest absolute Gasteiger partial charge is 0.252 e. The molecule has 0 spiro atoms. The Morgan fingerprint density at radius 1 is 1.32 bits per heavy atom. The number of benzene rings is 1. The molecule has 0 saturated carbocycles. The second kappa shape index (κ2) is 7.28. The number of carbonyl (C=O) groups excluding carboxylic acids is 2. The monoisotopic (exact) mass is 380 g/mol. The lowest BCUT2D eigenvalue weighted by Gasteiger charge is -2.23. The van der Waals surface area contributed by atoms with Crippen LogP contribution in [-0.4, -0.2) is 53.8 Å². The molecule has 3 heterocycles. The van der Waals surface area contributed by atoms with Gasteiger partial charge in [-0.25, -0.2) is 0 Å². The third-order valence-electron chi connectivity index (χ3n) is 5.91. The highest BCUT2D eigenvalue weighted by Gasteiger charge is 2.34. The molecule has 0 aliphatic carbocycles. The van der Waals surface area contributed by atoms with Gasteiger partial charge in [0, 0.05) is 24.4 Å². The van der Waals surface area contributed by atoms with Crippen molar-refractivity contribution in [3.63, 3.8) is 0 Å². The van der Waals surface area contributed by atoms with Gasteiger partial charge in [-0.3, -0.25) is 14.5 Å². The van der Waals surface area contributed by atoms with Gasteiger partial charge in [0.05, 0.1) is 18.2 Å². The van der Waals surface area contributed by atoms with Gasteiger partial charge in [-0.05, 0) is 38.3 Å². The maximum absolute atomic E-state index is 12.6. The molecule has 0 bridgehead atoms. The van der Waals surface area contributed by atoms with Gasteiger partial charge >= 0.3 is 0 Å². The minimum Gasteiger partial charge on any atom is -0.460 e. The molecule has 0 radical (unpaired) electrons. The number of nitrogens with zero attached hydrogens (tertiary/aromatic N) is 3. The highest BCUT2D eigenvalue weighted by atomic mass is 16.3. The van der Waals surface area contributed by atoms with E-state index in [1.807, 2.05) is 25.1 Å². The van der Waals surface area contributed by atoms with Crippen LogP contribution in [0.25, 0.3) is 11.0 Å². The summed E-state index contributed by atoms with van der Waals surface area (Å²) >= 11 is 0. The quantitative estimate of drug-likeness (QED) is 0.875. The third kappa shape index (κ3) is 3.14. The van der Waals surface area contributed by atoms with Gasteiger partial charge < -0.3 is 15.1 Å². The number of furan rings is 1. The maximum atomic E-state index is 12.6. The number of para-hydroxylation sites is 1. The number of primary amides is 1. The molecule has 1 aromatic carbocycles. The van der Waals surface area contributed by atoms with Crippen LogP contribution >= 0.6 is 0 Å². The molecule has 2 aromatic rings. The fourth-order valence-corrected chi connectivity index (χ4v) is 4.49. The van der Waals surface area contributed by atoms with Crippen LogP contribution in [0, 0.1) is 18.3 Å². The first-order valence-corrected chi connectivity index (χ1v) is 9.73. The average molecular weight is 380 g/mol. The zero-order valence-electron chi connectivity index (χ0n) is 16.0. The largest absolute Gasteiger partial charge is 0.460 e. The van der Waals surface area contributed by atoms with E-state index in [0.717, 1.165) is 36.8 Å². The van der Waals surface area contributed by atoms with Crippen molar-refractivity contribution in [1.29, 1.82) is 5.26 Å². The van der Waals surface area contributed by atoms with Gasteiger partial charge in [0.15, 0.2) is 0 Å². The predicted molar refractivity (Wildman–Crippen MR) is 104 cm³/mol. The SMILES string of the molecule is Cc1cccc2c(C(N)=O)c([C@H]3CCN(CC(=O)N4CCC[C@H]4C#N)C3)oc12. The number of hydrogen-bond acceptors (Lipinski definition) is 5. The summed E-state index contributed by atoms with van der Waals surface area (Å²) in [6.45, 7) is 4.27. The Labute approximate surface area is 163 Å². The average Bonchev–Trinajstić information content (AvgIpc) is 3.39. The predicted octanol–water partition coefficient (Wildman–Crippen LogP) is 2.14.